The van der Waals surface area contributed by atoms with Gasteiger partial charge in [0.05, 0.1) is 17.1 Å². The molecule has 0 spiro atoms. The van der Waals surface area contributed by atoms with Gasteiger partial charge in [0, 0.05) is 5.39 Å². The Kier molecular flexibility index (Phi) is 6.23. The Morgan fingerprint density at radius 3 is 1.32 bits per heavy atom. The maximum absolute atomic E-state index is 2.52. The van der Waals surface area contributed by atoms with Gasteiger partial charge in [-0.3, -0.25) is 0 Å². The summed E-state index contributed by atoms with van der Waals surface area (Å²) in [5, 5.41) is 18.3. The van der Waals surface area contributed by atoms with Crippen LogP contribution in [0.1, 0.15) is 11.1 Å². The van der Waals surface area contributed by atoms with Crippen molar-refractivity contribution in [2.45, 2.75) is 0 Å². The number of benzene rings is 10. The molecule has 1 nitrogen and oxygen atoms in total. The van der Waals surface area contributed by atoms with Crippen LogP contribution in [0.25, 0.3) is 110 Å². The van der Waals surface area contributed by atoms with E-state index in [0.717, 1.165) is 0 Å². The maximum Gasteiger partial charge on any atom is 0.0541 e. The van der Waals surface area contributed by atoms with Gasteiger partial charge in [-0.15, -0.1) is 0 Å². The molecule has 0 bridgehead atoms. The summed E-state index contributed by atoms with van der Waals surface area (Å²) in [4.78, 5) is 2.48. The van der Waals surface area contributed by atoms with Crippen molar-refractivity contribution in [3.05, 3.63) is 199 Å². The molecule has 1 aliphatic heterocycles. The van der Waals surface area contributed by atoms with Crippen molar-refractivity contribution in [1.82, 2.24) is 0 Å². The van der Waals surface area contributed by atoms with Gasteiger partial charge >= 0.3 is 0 Å². The van der Waals surface area contributed by atoms with Crippen LogP contribution < -0.4 is 4.90 Å². The van der Waals surface area contributed by atoms with Crippen molar-refractivity contribution < 1.29 is 0 Å². The molecule has 0 fully saturated rings. The van der Waals surface area contributed by atoms with Crippen molar-refractivity contribution in [3.63, 3.8) is 0 Å². The number of hydrogen-bond donors (Lipinski definition) is 0. The average Bonchev–Trinajstić information content (AvgIpc) is 3.70. The highest BCUT2D eigenvalue weighted by Crippen LogP contribution is 2.55. The van der Waals surface area contributed by atoms with E-state index in [1.807, 2.05) is 0 Å². The highest BCUT2D eigenvalue weighted by atomic mass is 15.1. The lowest BCUT2D eigenvalue weighted by Crippen LogP contribution is -2.12. The van der Waals surface area contributed by atoms with Crippen LogP contribution in [-0.4, -0.2) is 0 Å². The second kappa shape index (κ2) is 11.5. The molecule has 0 radical (unpaired) electrons. The topological polar surface area (TPSA) is 3.24 Å². The molecule has 262 valence electrons. The minimum atomic E-state index is 1.18. The van der Waals surface area contributed by atoms with E-state index in [-0.39, 0.29) is 0 Å². The third-order valence-corrected chi connectivity index (χ3v) is 12.7. The second-order valence-corrected chi connectivity index (χ2v) is 15.5. The van der Waals surface area contributed by atoms with Crippen molar-refractivity contribution in [2.75, 3.05) is 4.90 Å². The minimum Gasteiger partial charge on any atom is -0.309 e. The number of anilines is 3. The lowest BCUT2D eigenvalue weighted by molar-refractivity contribution is 1.29. The molecule has 0 aromatic heterocycles. The molecule has 0 N–H and O–H groups in total. The van der Waals surface area contributed by atoms with Crippen LogP contribution in [-0.2, 0) is 0 Å². The van der Waals surface area contributed by atoms with E-state index < -0.39 is 0 Å². The Morgan fingerprint density at radius 1 is 0.263 bits per heavy atom. The summed E-state index contributed by atoms with van der Waals surface area (Å²) in [6.45, 7) is 0. The first-order chi connectivity index (χ1) is 28.3. The molecule has 0 unspecified atom stereocenters. The largest absolute Gasteiger partial charge is 0.309 e. The van der Waals surface area contributed by atoms with Gasteiger partial charge in [-0.1, -0.05) is 170 Å². The highest BCUT2D eigenvalue weighted by Gasteiger charge is 2.28. The predicted molar refractivity (Wildman–Crippen MR) is 246 cm³/mol. The summed E-state index contributed by atoms with van der Waals surface area (Å²) >= 11 is 0. The molecule has 0 atom stereocenters. The monoisotopic (exact) mass is 719 g/mol. The number of rotatable bonds is 3. The summed E-state index contributed by atoms with van der Waals surface area (Å²) in [7, 11) is 0. The highest BCUT2D eigenvalue weighted by molar-refractivity contribution is 6.42. The molecule has 1 aliphatic rings. The first-order valence-corrected chi connectivity index (χ1v) is 19.9. The van der Waals surface area contributed by atoms with Crippen molar-refractivity contribution in [3.8, 4) is 22.3 Å². The number of hydrogen-bond acceptors (Lipinski definition) is 1. The number of nitrogens with zero attached hydrogens (tertiary/aromatic N) is 1. The summed E-state index contributed by atoms with van der Waals surface area (Å²) in [5.41, 5.74) is 11.0. The Morgan fingerprint density at radius 2 is 0.737 bits per heavy atom. The minimum absolute atomic E-state index is 1.18. The quantitative estimate of drug-likeness (QED) is 0.176. The van der Waals surface area contributed by atoms with Crippen LogP contribution >= 0.6 is 0 Å². The van der Waals surface area contributed by atoms with Gasteiger partial charge in [-0.05, 0) is 134 Å². The average molecular weight is 720 g/mol. The summed E-state index contributed by atoms with van der Waals surface area (Å²) in [6.07, 6.45) is 4.51. The smallest absolute Gasteiger partial charge is 0.0541 e. The Bertz CT molecular complexity index is 3420. The fourth-order valence-electron chi connectivity index (χ4n) is 10.4. The van der Waals surface area contributed by atoms with E-state index in [4.69, 9.17) is 0 Å². The third-order valence-electron chi connectivity index (χ3n) is 12.7. The van der Waals surface area contributed by atoms with E-state index in [2.05, 4.69) is 205 Å². The zero-order chi connectivity index (χ0) is 37.2. The SMILES string of the molecule is C1=Cc2ccccc2N(c2ccc3c4c(-c5ccccc5)c5cc6c(cc5c(-c5ccccc5)c4c4cccc2c43)c2cccc3cccc6c32)c2ccccc21. The fraction of sp³-hybridized carbons (Fsp3) is 0. The predicted octanol–water partition coefficient (Wildman–Crippen LogP) is 15.9. The molecule has 0 amide bonds. The van der Waals surface area contributed by atoms with Gasteiger partial charge in [0.15, 0.2) is 0 Å². The van der Waals surface area contributed by atoms with Crippen LogP contribution in [0.5, 0.6) is 0 Å². The van der Waals surface area contributed by atoms with Crippen molar-refractivity contribution in [2.24, 2.45) is 0 Å². The summed E-state index contributed by atoms with van der Waals surface area (Å²) in [5.74, 6) is 0. The van der Waals surface area contributed by atoms with Gasteiger partial charge in [0.2, 0.25) is 0 Å². The van der Waals surface area contributed by atoms with Crippen LogP contribution in [0.2, 0.25) is 0 Å². The molecule has 0 saturated heterocycles. The van der Waals surface area contributed by atoms with Crippen LogP contribution in [0.4, 0.5) is 17.1 Å². The van der Waals surface area contributed by atoms with Crippen LogP contribution in [0.15, 0.2) is 188 Å². The molecule has 12 aromatic carbocycles. The van der Waals surface area contributed by atoms with Crippen LogP contribution in [0.3, 0.4) is 0 Å². The molecule has 0 saturated carbocycles. The molecule has 13 rings (SSSR count). The molecular formula is C56H33N. The molecule has 1 heterocycles. The first-order valence-electron chi connectivity index (χ1n) is 19.9. The van der Waals surface area contributed by atoms with E-state index >= 15 is 0 Å². The van der Waals surface area contributed by atoms with Crippen molar-refractivity contribution >= 4 is 105 Å². The lowest BCUT2D eigenvalue weighted by atomic mass is 9.85. The van der Waals surface area contributed by atoms with Crippen molar-refractivity contribution in [1.29, 1.82) is 0 Å². The van der Waals surface area contributed by atoms with Gasteiger partial charge in [-0.25, -0.2) is 0 Å². The normalized spacial score (nSPS) is 12.8. The van der Waals surface area contributed by atoms with Crippen LogP contribution in [0, 0.1) is 0 Å². The number of para-hydroxylation sites is 2. The van der Waals surface area contributed by atoms with Gasteiger partial charge < -0.3 is 4.90 Å². The fourth-order valence-corrected chi connectivity index (χ4v) is 10.4. The molecule has 12 aromatic rings. The first kappa shape index (κ1) is 30.8. The summed E-state index contributed by atoms with van der Waals surface area (Å²) in [6, 6.07) is 70.1. The zero-order valence-corrected chi connectivity index (χ0v) is 31.0. The Hall–Kier alpha value is -7.48. The van der Waals surface area contributed by atoms with E-state index in [0.29, 0.717) is 0 Å². The molecule has 57 heavy (non-hydrogen) atoms. The molecule has 0 aliphatic carbocycles. The second-order valence-electron chi connectivity index (χ2n) is 15.5. The zero-order valence-electron chi connectivity index (χ0n) is 31.0. The number of fused-ring (bicyclic) bond motifs is 9. The standard InChI is InChI=1S/C56H33N/c1-3-16-37(17-4-1)52-46-32-44-39-22-11-20-36-21-12-23-40(51(36)39)45(44)33-47(46)53(38-18-5-2-6-19-38)56-43-30-31-50(41-24-13-25-42(54(41)43)55(52)56)57-48-26-9-7-14-34(48)28-29-35-15-8-10-27-49(35)57/h1-33H. The van der Waals surface area contributed by atoms with Gasteiger partial charge in [0.25, 0.3) is 0 Å². The summed E-state index contributed by atoms with van der Waals surface area (Å²) < 4.78 is 0. The third kappa shape index (κ3) is 4.18. The van der Waals surface area contributed by atoms with E-state index in [1.54, 1.807) is 0 Å². The van der Waals surface area contributed by atoms with Gasteiger partial charge in [-0.2, -0.15) is 0 Å². The molecule has 1 heteroatoms. The van der Waals surface area contributed by atoms with Gasteiger partial charge in [0.1, 0.15) is 0 Å². The lowest BCUT2D eigenvalue weighted by Gasteiger charge is -2.28. The Balaban J connectivity index is 1.24. The van der Waals surface area contributed by atoms with E-state index in [1.165, 1.54) is 126 Å². The van der Waals surface area contributed by atoms with E-state index in [9.17, 15) is 0 Å². The Labute approximate surface area is 329 Å². The molecular weight excluding hydrogens is 687 g/mol. The maximum atomic E-state index is 2.52.